The summed E-state index contributed by atoms with van der Waals surface area (Å²) in [5.74, 6) is -2.38. The van der Waals surface area contributed by atoms with Gasteiger partial charge >= 0.3 is 0 Å². The van der Waals surface area contributed by atoms with Crippen molar-refractivity contribution in [3.63, 3.8) is 0 Å². The zero-order chi connectivity index (χ0) is 23.4. The molecule has 3 rings (SSSR count). The third kappa shape index (κ3) is 5.19. The van der Waals surface area contributed by atoms with Crippen molar-refractivity contribution in [1.82, 2.24) is 5.32 Å². The number of primary amides is 1. The number of rotatable bonds is 7. The van der Waals surface area contributed by atoms with Crippen LogP contribution in [-0.4, -0.2) is 36.6 Å². The van der Waals surface area contributed by atoms with Crippen LogP contribution in [0.4, 0.5) is 10.1 Å². The van der Waals surface area contributed by atoms with Crippen molar-refractivity contribution in [2.24, 2.45) is 22.6 Å². The quantitative estimate of drug-likeness (QED) is 0.694. The summed E-state index contributed by atoms with van der Waals surface area (Å²) in [6.07, 6.45) is -0.877. The van der Waals surface area contributed by atoms with Gasteiger partial charge in [-0.1, -0.05) is 32.0 Å². The molecule has 0 fully saturated rings. The summed E-state index contributed by atoms with van der Waals surface area (Å²) in [4.78, 5) is 43.7. The first-order chi connectivity index (χ1) is 15.2. The van der Waals surface area contributed by atoms with Crippen molar-refractivity contribution < 1.29 is 18.8 Å². The van der Waals surface area contributed by atoms with Crippen molar-refractivity contribution in [1.29, 1.82) is 0 Å². The fraction of sp³-hybridized carbons (Fsp3) is 0.333. The van der Waals surface area contributed by atoms with Gasteiger partial charge < -0.3 is 16.0 Å². The summed E-state index contributed by atoms with van der Waals surface area (Å²) in [5.41, 5.74) is 7.70. The third-order valence-corrected chi connectivity index (χ3v) is 5.31. The smallest absolute Gasteiger partial charge is 0.272 e. The molecule has 0 aromatic heterocycles. The number of fused-ring (bicyclic) bond motifs is 1. The number of hydrogen-bond acceptors (Lipinski definition) is 4. The van der Waals surface area contributed by atoms with Gasteiger partial charge in [-0.3, -0.25) is 14.4 Å². The molecule has 3 N–H and O–H groups in total. The molecular weight excluding hydrogens is 411 g/mol. The van der Waals surface area contributed by atoms with Crippen LogP contribution in [0.3, 0.4) is 0 Å². The molecule has 1 heterocycles. The normalized spacial score (nSPS) is 16.8. The molecule has 2 aromatic rings. The Labute approximate surface area is 186 Å². The zero-order valence-corrected chi connectivity index (χ0v) is 18.3. The van der Waals surface area contributed by atoms with E-state index in [9.17, 15) is 18.8 Å². The van der Waals surface area contributed by atoms with Crippen LogP contribution in [-0.2, 0) is 14.4 Å². The van der Waals surface area contributed by atoms with Crippen LogP contribution >= 0.6 is 0 Å². The Kier molecular flexibility index (Phi) is 7.02. The summed E-state index contributed by atoms with van der Waals surface area (Å²) in [6, 6.07) is 13.0. The lowest BCUT2D eigenvalue weighted by Gasteiger charge is -2.23. The summed E-state index contributed by atoms with van der Waals surface area (Å²) < 4.78 is 13.5. The van der Waals surface area contributed by atoms with Crippen LogP contribution in [0.1, 0.15) is 37.8 Å². The number of aliphatic imine (C=N–C) groups is 1. The molecule has 32 heavy (non-hydrogen) atoms. The number of nitrogens with two attached hydrogens (primary N) is 1. The molecule has 0 radical (unpaired) electrons. The molecule has 0 spiro atoms. The van der Waals surface area contributed by atoms with E-state index in [1.165, 1.54) is 17.0 Å². The SMILES string of the molecule is CC(C)C[C@H](CC(N)=O)C(=O)NC1N=C(c2ccc(F)cc2)c2ccccc2N(C)C1=O. The monoisotopic (exact) mass is 438 g/mol. The molecular formula is C24H27FN4O3. The van der Waals surface area contributed by atoms with Crippen LogP contribution in [0.5, 0.6) is 0 Å². The summed E-state index contributed by atoms with van der Waals surface area (Å²) >= 11 is 0. The van der Waals surface area contributed by atoms with Gasteiger partial charge in [0.15, 0.2) is 0 Å². The number of benzene rings is 2. The topological polar surface area (TPSA) is 105 Å². The second-order valence-electron chi connectivity index (χ2n) is 8.31. The summed E-state index contributed by atoms with van der Waals surface area (Å²) in [5, 5.41) is 2.70. The number of nitrogens with zero attached hydrogens (tertiary/aromatic N) is 2. The van der Waals surface area contributed by atoms with Crippen LogP contribution in [0.25, 0.3) is 0 Å². The molecule has 7 nitrogen and oxygen atoms in total. The fourth-order valence-corrected chi connectivity index (χ4v) is 3.80. The highest BCUT2D eigenvalue weighted by Crippen LogP contribution is 2.27. The molecule has 1 aliphatic heterocycles. The van der Waals surface area contributed by atoms with E-state index in [0.29, 0.717) is 28.9 Å². The molecule has 2 aromatic carbocycles. The van der Waals surface area contributed by atoms with Gasteiger partial charge in [-0.25, -0.2) is 9.38 Å². The van der Waals surface area contributed by atoms with Gasteiger partial charge in [0.25, 0.3) is 5.91 Å². The van der Waals surface area contributed by atoms with Gasteiger partial charge in [0, 0.05) is 30.5 Å². The predicted molar refractivity (Wildman–Crippen MR) is 121 cm³/mol. The van der Waals surface area contributed by atoms with Crippen LogP contribution in [0.2, 0.25) is 0 Å². The summed E-state index contributed by atoms with van der Waals surface area (Å²) in [6.45, 7) is 3.88. The molecule has 0 saturated heterocycles. The van der Waals surface area contributed by atoms with E-state index >= 15 is 0 Å². The molecule has 0 aliphatic carbocycles. The van der Waals surface area contributed by atoms with Gasteiger partial charge in [-0.05, 0) is 42.7 Å². The second kappa shape index (κ2) is 9.72. The first-order valence-corrected chi connectivity index (χ1v) is 10.5. The first kappa shape index (κ1) is 23.1. The second-order valence-corrected chi connectivity index (χ2v) is 8.31. The highest BCUT2D eigenvalue weighted by Gasteiger charge is 2.33. The molecule has 1 aliphatic rings. The minimum atomic E-state index is -1.21. The average molecular weight is 439 g/mol. The number of carbonyl (C=O) groups excluding carboxylic acids is 3. The minimum Gasteiger partial charge on any atom is -0.370 e. The number of nitrogens with one attached hydrogen (secondary N) is 1. The Hall–Kier alpha value is -3.55. The molecule has 0 saturated carbocycles. The number of amides is 3. The molecule has 8 heteroatoms. The van der Waals surface area contributed by atoms with Gasteiger partial charge in [-0.2, -0.15) is 0 Å². The van der Waals surface area contributed by atoms with Crippen LogP contribution in [0, 0.1) is 17.7 Å². The zero-order valence-electron chi connectivity index (χ0n) is 18.3. The number of para-hydroxylation sites is 1. The fourth-order valence-electron chi connectivity index (χ4n) is 3.80. The number of hydrogen-bond donors (Lipinski definition) is 2. The number of anilines is 1. The molecule has 2 atom stereocenters. The Morgan fingerprint density at radius 1 is 1.16 bits per heavy atom. The van der Waals surface area contributed by atoms with Gasteiger partial charge in [0.2, 0.25) is 18.0 Å². The highest BCUT2D eigenvalue weighted by atomic mass is 19.1. The highest BCUT2D eigenvalue weighted by molar-refractivity contribution is 6.20. The van der Waals surface area contributed by atoms with Crippen LogP contribution < -0.4 is 16.0 Å². The lowest BCUT2D eigenvalue weighted by atomic mass is 9.93. The average Bonchev–Trinajstić information content (AvgIpc) is 2.84. The Bertz CT molecular complexity index is 1050. The first-order valence-electron chi connectivity index (χ1n) is 10.5. The van der Waals surface area contributed by atoms with Crippen molar-refractivity contribution in [2.45, 2.75) is 32.9 Å². The number of halogens is 1. The van der Waals surface area contributed by atoms with Crippen LogP contribution in [0.15, 0.2) is 53.5 Å². The van der Waals surface area contributed by atoms with E-state index in [4.69, 9.17) is 5.73 Å². The van der Waals surface area contributed by atoms with Crippen molar-refractivity contribution in [2.75, 3.05) is 11.9 Å². The maximum absolute atomic E-state index is 13.5. The number of carbonyl (C=O) groups is 3. The molecule has 168 valence electrons. The van der Waals surface area contributed by atoms with E-state index in [0.717, 1.165) is 0 Å². The Morgan fingerprint density at radius 2 is 1.81 bits per heavy atom. The predicted octanol–water partition coefficient (Wildman–Crippen LogP) is 2.62. The van der Waals surface area contributed by atoms with Crippen molar-refractivity contribution >= 4 is 29.1 Å². The molecule has 3 amide bonds. The van der Waals surface area contributed by atoms with E-state index in [1.807, 2.05) is 26.0 Å². The Balaban J connectivity index is 2.02. The number of benzodiazepines with no additional fused rings is 1. The maximum atomic E-state index is 13.5. The van der Waals surface area contributed by atoms with Gasteiger partial charge in [0.05, 0.1) is 11.4 Å². The van der Waals surface area contributed by atoms with E-state index in [1.54, 1.807) is 31.3 Å². The molecule has 1 unspecified atom stereocenters. The van der Waals surface area contributed by atoms with E-state index in [-0.39, 0.29) is 12.3 Å². The lowest BCUT2D eigenvalue weighted by molar-refractivity contribution is -0.132. The van der Waals surface area contributed by atoms with E-state index < -0.39 is 35.6 Å². The standard InChI is InChI=1S/C24H27FN4O3/c1-14(2)12-16(13-20(26)30)23(31)28-22-24(32)29(3)19-7-5-4-6-18(19)21(27-22)15-8-10-17(25)11-9-15/h4-11,14,16,22H,12-13H2,1-3H3,(H2,26,30)(H,28,31)/t16-,22?/m1/s1. The van der Waals surface area contributed by atoms with Crippen molar-refractivity contribution in [3.8, 4) is 0 Å². The van der Waals surface area contributed by atoms with E-state index in [2.05, 4.69) is 10.3 Å². The molecule has 0 bridgehead atoms. The van der Waals surface area contributed by atoms with Gasteiger partial charge in [-0.15, -0.1) is 0 Å². The summed E-state index contributed by atoms with van der Waals surface area (Å²) in [7, 11) is 1.61. The van der Waals surface area contributed by atoms with Crippen molar-refractivity contribution in [3.05, 3.63) is 65.5 Å². The number of likely N-dealkylation sites (N-methyl/N-ethyl adjacent to an activating group) is 1. The van der Waals surface area contributed by atoms with Gasteiger partial charge in [0.1, 0.15) is 5.82 Å². The lowest BCUT2D eigenvalue weighted by Crippen LogP contribution is -2.48. The largest absolute Gasteiger partial charge is 0.370 e. The maximum Gasteiger partial charge on any atom is 0.272 e. The third-order valence-electron chi connectivity index (χ3n) is 5.31. The minimum absolute atomic E-state index is 0.116. The Morgan fingerprint density at radius 3 is 2.44 bits per heavy atom.